The van der Waals surface area contributed by atoms with Gasteiger partial charge in [-0.15, -0.1) is 11.3 Å². The van der Waals surface area contributed by atoms with Gasteiger partial charge in [-0.3, -0.25) is 0 Å². The van der Waals surface area contributed by atoms with Crippen LogP contribution in [-0.2, 0) is 0 Å². The highest BCUT2D eigenvalue weighted by Crippen LogP contribution is 2.26. The van der Waals surface area contributed by atoms with Gasteiger partial charge in [0.25, 0.3) is 0 Å². The molecule has 90 valence electrons. The van der Waals surface area contributed by atoms with Crippen molar-refractivity contribution in [1.29, 1.82) is 0 Å². The maximum absolute atomic E-state index is 3.21. The molecule has 0 unspecified atom stereocenters. The van der Waals surface area contributed by atoms with Crippen LogP contribution < -0.4 is 0 Å². The average Bonchev–Trinajstić information content (AvgIpc) is 2.96. The summed E-state index contributed by atoms with van der Waals surface area (Å²) in [5.41, 5.74) is 3.38. The first-order valence-electron chi connectivity index (χ1n) is 6.13. The van der Waals surface area contributed by atoms with E-state index < -0.39 is 0 Å². The Kier molecular flexibility index (Phi) is 3.45. The molecule has 3 aromatic rings. The van der Waals surface area contributed by atoms with E-state index in [1.165, 1.54) is 10.4 Å². The van der Waals surface area contributed by atoms with Crippen molar-refractivity contribution >= 4 is 11.3 Å². The van der Waals surface area contributed by atoms with Gasteiger partial charge in [-0.1, -0.05) is 60.4 Å². The van der Waals surface area contributed by atoms with Crippen molar-refractivity contribution < 1.29 is 0 Å². The first-order chi connectivity index (χ1) is 9.42. The van der Waals surface area contributed by atoms with Gasteiger partial charge in [0.1, 0.15) is 0 Å². The minimum Gasteiger partial charge on any atom is -0.142 e. The van der Waals surface area contributed by atoms with Crippen LogP contribution in [0.1, 0.15) is 11.1 Å². The zero-order valence-electron chi connectivity index (χ0n) is 10.3. The molecule has 0 aliphatic heterocycles. The minimum absolute atomic E-state index is 1.05. The van der Waals surface area contributed by atoms with E-state index in [4.69, 9.17) is 0 Å². The number of thiophene rings is 1. The molecule has 0 bridgehead atoms. The van der Waals surface area contributed by atoms with Crippen molar-refractivity contribution in [2.24, 2.45) is 0 Å². The van der Waals surface area contributed by atoms with E-state index in [0.29, 0.717) is 0 Å². The standard InChI is InChI=1S/C18H12S/c1-3-7-15(8-4-1)11-12-16-13-18(19-14-16)17-9-5-2-6-10-17/h1-10,13-14H. The second-order valence-electron chi connectivity index (χ2n) is 4.18. The third-order valence-corrected chi connectivity index (χ3v) is 3.76. The van der Waals surface area contributed by atoms with Gasteiger partial charge in [0.15, 0.2) is 0 Å². The van der Waals surface area contributed by atoms with E-state index >= 15 is 0 Å². The van der Waals surface area contributed by atoms with Crippen molar-refractivity contribution in [3.8, 4) is 22.3 Å². The van der Waals surface area contributed by atoms with Gasteiger partial charge >= 0.3 is 0 Å². The van der Waals surface area contributed by atoms with Crippen LogP contribution in [0.25, 0.3) is 10.4 Å². The highest BCUT2D eigenvalue weighted by molar-refractivity contribution is 7.13. The van der Waals surface area contributed by atoms with Gasteiger partial charge in [-0.2, -0.15) is 0 Å². The van der Waals surface area contributed by atoms with Crippen LogP contribution >= 0.6 is 11.3 Å². The third kappa shape index (κ3) is 2.93. The SMILES string of the molecule is C(#Cc1csc(-c2ccccc2)c1)c1ccccc1. The van der Waals surface area contributed by atoms with E-state index in [1.54, 1.807) is 11.3 Å². The molecule has 0 aliphatic rings. The van der Waals surface area contributed by atoms with E-state index in [2.05, 4.69) is 47.6 Å². The monoisotopic (exact) mass is 260 g/mol. The first kappa shape index (κ1) is 11.8. The molecule has 0 N–H and O–H groups in total. The molecule has 1 aromatic heterocycles. The number of benzene rings is 2. The Morgan fingerprint density at radius 2 is 1.32 bits per heavy atom. The molecule has 0 nitrogen and oxygen atoms in total. The summed E-state index contributed by atoms with van der Waals surface area (Å²) in [7, 11) is 0. The molecule has 1 heterocycles. The van der Waals surface area contributed by atoms with Gasteiger partial charge in [0.2, 0.25) is 0 Å². The Morgan fingerprint density at radius 3 is 2.05 bits per heavy atom. The third-order valence-electron chi connectivity index (χ3n) is 2.78. The van der Waals surface area contributed by atoms with Gasteiger partial charge in [0, 0.05) is 21.4 Å². The van der Waals surface area contributed by atoms with Gasteiger partial charge in [-0.25, -0.2) is 0 Å². The lowest BCUT2D eigenvalue weighted by atomic mass is 10.1. The molecule has 0 saturated carbocycles. The summed E-state index contributed by atoms with van der Waals surface area (Å²) < 4.78 is 0. The molecule has 2 aromatic carbocycles. The van der Waals surface area contributed by atoms with E-state index in [0.717, 1.165) is 11.1 Å². The molecular weight excluding hydrogens is 248 g/mol. The summed E-state index contributed by atoms with van der Waals surface area (Å²) in [6.07, 6.45) is 0. The Bertz CT molecular complexity index is 712. The van der Waals surface area contributed by atoms with Gasteiger partial charge < -0.3 is 0 Å². The Morgan fingerprint density at radius 1 is 0.684 bits per heavy atom. The van der Waals surface area contributed by atoms with Crippen LogP contribution in [0, 0.1) is 11.8 Å². The lowest BCUT2D eigenvalue weighted by Gasteiger charge is -1.93. The van der Waals surface area contributed by atoms with E-state index in [-0.39, 0.29) is 0 Å². The normalized spacial score (nSPS) is 9.68. The predicted octanol–water partition coefficient (Wildman–Crippen LogP) is 4.81. The fourth-order valence-corrected chi connectivity index (χ4v) is 2.67. The Labute approximate surface area is 117 Å². The predicted molar refractivity (Wildman–Crippen MR) is 82.2 cm³/mol. The highest BCUT2D eigenvalue weighted by Gasteiger charge is 1.99. The summed E-state index contributed by atoms with van der Waals surface area (Å²) in [5, 5.41) is 2.11. The smallest absolute Gasteiger partial charge is 0.0362 e. The molecule has 1 heteroatoms. The van der Waals surface area contributed by atoms with Crippen LogP contribution in [0.3, 0.4) is 0 Å². The summed E-state index contributed by atoms with van der Waals surface area (Å²) in [4.78, 5) is 1.26. The topological polar surface area (TPSA) is 0 Å². The highest BCUT2D eigenvalue weighted by atomic mass is 32.1. The second-order valence-corrected chi connectivity index (χ2v) is 5.09. The Hall–Kier alpha value is -2.30. The largest absolute Gasteiger partial charge is 0.142 e. The minimum atomic E-state index is 1.05. The molecule has 19 heavy (non-hydrogen) atoms. The molecule has 0 spiro atoms. The van der Waals surface area contributed by atoms with Crippen molar-refractivity contribution in [3.05, 3.63) is 83.2 Å². The molecule has 3 rings (SSSR count). The first-order valence-corrected chi connectivity index (χ1v) is 7.01. The van der Waals surface area contributed by atoms with Gasteiger partial charge in [-0.05, 0) is 23.8 Å². The van der Waals surface area contributed by atoms with Crippen LogP contribution in [0.4, 0.5) is 0 Å². The van der Waals surface area contributed by atoms with E-state index in [1.807, 2.05) is 36.4 Å². The summed E-state index contributed by atoms with van der Waals surface area (Å²) in [5.74, 6) is 6.39. The quantitative estimate of drug-likeness (QED) is 0.550. The van der Waals surface area contributed by atoms with Gasteiger partial charge in [0.05, 0.1) is 0 Å². The summed E-state index contributed by atoms with van der Waals surface area (Å²) in [6.45, 7) is 0. The van der Waals surface area contributed by atoms with Crippen molar-refractivity contribution in [3.63, 3.8) is 0 Å². The molecule has 0 fully saturated rings. The average molecular weight is 260 g/mol. The number of rotatable bonds is 1. The molecule has 0 atom stereocenters. The van der Waals surface area contributed by atoms with Crippen LogP contribution in [0.5, 0.6) is 0 Å². The lowest BCUT2D eigenvalue weighted by Crippen LogP contribution is -1.72. The Balaban J connectivity index is 1.85. The van der Waals surface area contributed by atoms with Crippen molar-refractivity contribution in [2.45, 2.75) is 0 Å². The van der Waals surface area contributed by atoms with E-state index in [9.17, 15) is 0 Å². The molecule has 0 radical (unpaired) electrons. The molecular formula is C18H12S. The maximum atomic E-state index is 3.21. The van der Waals surface area contributed by atoms with Crippen molar-refractivity contribution in [2.75, 3.05) is 0 Å². The van der Waals surface area contributed by atoms with Crippen LogP contribution in [0.2, 0.25) is 0 Å². The molecule has 0 aliphatic carbocycles. The molecule has 0 saturated heterocycles. The number of hydrogen-bond donors (Lipinski definition) is 0. The fourth-order valence-electron chi connectivity index (χ4n) is 1.82. The summed E-state index contributed by atoms with van der Waals surface area (Å²) in [6, 6.07) is 22.6. The zero-order chi connectivity index (χ0) is 12.9. The zero-order valence-corrected chi connectivity index (χ0v) is 11.2. The summed E-state index contributed by atoms with van der Waals surface area (Å²) >= 11 is 1.74. The lowest BCUT2D eigenvalue weighted by molar-refractivity contribution is 1.64. The maximum Gasteiger partial charge on any atom is 0.0362 e. The molecule has 0 amide bonds. The number of hydrogen-bond acceptors (Lipinski definition) is 1. The van der Waals surface area contributed by atoms with Crippen LogP contribution in [0.15, 0.2) is 72.1 Å². The van der Waals surface area contributed by atoms with Crippen molar-refractivity contribution in [1.82, 2.24) is 0 Å². The van der Waals surface area contributed by atoms with Crippen LogP contribution in [-0.4, -0.2) is 0 Å². The second kappa shape index (κ2) is 5.56. The fraction of sp³-hybridized carbons (Fsp3) is 0.